The molecule has 0 aromatic heterocycles. The summed E-state index contributed by atoms with van der Waals surface area (Å²) in [6.07, 6.45) is 102. The number of hydrogen-bond donors (Lipinski definition) is 3. The number of carbonyl (C=O) groups excluding carboxylic acids is 2. The van der Waals surface area contributed by atoms with Gasteiger partial charge in [0.05, 0.1) is 25.4 Å². The highest BCUT2D eigenvalue weighted by Gasteiger charge is 2.20. The molecule has 3 N–H and O–H groups in total. The number of aliphatic hydroxyl groups is 2. The van der Waals surface area contributed by atoms with E-state index in [4.69, 9.17) is 4.74 Å². The lowest BCUT2D eigenvalue weighted by molar-refractivity contribution is -0.143. The Kier molecular flexibility index (Phi) is 80.3. The molecule has 0 bridgehead atoms. The van der Waals surface area contributed by atoms with Gasteiger partial charge in [-0.15, -0.1) is 0 Å². The summed E-state index contributed by atoms with van der Waals surface area (Å²) < 4.78 is 5.53. The van der Waals surface area contributed by atoms with Gasteiger partial charge in [0.2, 0.25) is 5.91 Å². The molecule has 0 saturated heterocycles. The van der Waals surface area contributed by atoms with Gasteiger partial charge in [-0.2, -0.15) is 0 Å². The molecule has 0 fully saturated rings. The molecular formula is C85H169NO5. The first-order chi connectivity index (χ1) is 45.0. The standard InChI is InChI=1S/C85H169NO5/c1-3-5-7-9-11-13-15-17-19-21-23-24-25-32-35-38-42-45-49-53-57-61-65-69-73-77-83(88)82(81-87)86-84(89)78-74-70-66-62-58-54-50-46-43-39-36-33-30-28-26-27-29-31-34-37-40-44-48-52-56-60-64-68-72-76-80-91-85(90)79-75-71-67-63-59-55-51-47-41-22-20-18-16-14-12-10-8-6-4-2/h82-83,87-88H,3-81H2,1-2H3,(H,86,89). The van der Waals surface area contributed by atoms with Gasteiger partial charge >= 0.3 is 5.97 Å². The van der Waals surface area contributed by atoms with E-state index < -0.39 is 12.1 Å². The van der Waals surface area contributed by atoms with Crippen molar-refractivity contribution in [2.24, 2.45) is 0 Å². The van der Waals surface area contributed by atoms with E-state index in [1.807, 2.05) is 0 Å². The van der Waals surface area contributed by atoms with E-state index in [2.05, 4.69) is 19.2 Å². The molecule has 0 aromatic carbocycles. The maximum Gasteiger partial charge on any atom is 0.305 e. The van der Waals surface area contributed by atoms with Crippen molar-refractivity contribution in [2.75, 3.05) is 13.2 Å². The zero-order valence-electron chi connectivity index (χ0n) is 62.6. The van der Waals surface area contributed by atoms with E-state index in [0.717, 1.165) is 38.5 Å². The van der Waals surface area contributed by atoms with Crippen molar-refractivity contribution >= 4 is 11.9 Å². The van der Waals surface area contributed by atoms with Crippen molar-refractivity contribution in [1.82, 2.24) is 5.32 Å². The van der Waals surface area contributed by atoms with Gasteiger partial charge in [0.15, 0.2) is 0 Å². The molecule has 2 unspecified atom stereocenters. The number of carbonyl (C=O) groups is 2. The predicted octanol–water partition coefficient (Wildman–Crippen LogP) is 28.4. The fourth-order valence-electron chi connectivity index (χ4n) is 14.2. The summed E-state index contributed by atoms with van der Waals surface area (Å²) >= 11 is 0. The second-order valence-corrected chi connectivity index (χ2v) is 29.9. The zero-order valence-corrected chi connectivity index (χ0v) is 62.6. The predicted molar refractivity (Wildman–Crippen MR) is 403 cm³/mol. The van der Waals surface area contributed by atoms with E-state index in [1.54, 1.807) is 0 Å². The Morgan fingerprint density at radius 2 is 0.451 bits per heavy atom. The Labute approximate surface area is 572 Å². The van der Waals surface area contributed by atoms with Gasteiger partial charge < -0.3 is 20.3 Å². The van der Waals surface area contributed by atoms with Crippen LogP contribution in [0.5, 0.6) is 0 Å². The molecular weight excluding hydrogens is 1110 g/mol. The molecule has 2 atom stereocenters. The van der Waals surface area contributed by atoms with Gasteiger partial charge in [0.1, 0.15) is 0 Å². The molecule has 6 nitrogen and oxygen atoms in total. The van der Waals surface area contributed by atoms with E-state index >= 15 is 0 Å². The van der Waals surface area contributed by atoms with Crippen LogP contribution in [0.15, 0.2) is 0 Å². The molecule has 0 aliphatic carbocycles. The summed E-state index contributed by atoms with van der Waals surface area (Å²) in [4.78, 5) is 24.7. The van der Waals surface area contributed by atoms with Crippen molar-refractivity contribution in [3.8, 4) is 0 Å². The summed E-state index contributed by atoms with van der Waals surface area (Å²) in [7, 11) is 0. The van der Waals surface area contributed by atoms with Crippen LogP contribution in [0.2, 0.25) is 0 Å². The number of ether oxygens (including phenoxy) is 1. The van der Waals surface area contributed by atoms with E-state index in [9.17, 15) is 19.8 Å². The fraction of sp³-hybridized carbons (Fsp3) is 0.976. The number of esters is 1. The molecule has 544 valence electrons. The topological polar surface area (TPSA) is 95.9 Å². The maximum absolute atomic E-state index is 12.6. The average molecular weight is 1290 g/mol. The highest BCUT2D eigenvalue weighted by molar-refractivity contribution is 5.76. The Morgan fingerprint density at radius 3 is 0.670 bits per heavy atom. The normalized spacial score (nSPS) is 12.4. The van der Waals surface area contributed by atoms with E-state index in [0.29, 0.717) is 25.9 Å². The van der Waals surface area contributed by atoms with Gasteiger partial charge in [0, 0.05) is 12.8 Å². The number of amides is 1. The first-order valence-electron chi connectivity index (χ1n) is 42.8. The Bertz CT molecular complexity index is 1340. The minimum absolute atomic E-state index is 0.0239. The minimum Gasteiger partial charge on any atom is -0.466 e. The summed E-state index contributed by atoms with van der Waals surface area (Å²) in [6, 6.07) is -0.539. The fourth-order valence-corrected chi connectivity index (χ4v) is 14.2. The van der Waals surface area contributed by atoms with Gasteiger partial charge in [-0.05, 0) is 25.7 Å². The molecule has 6 heteroatoms. The van der Waals surface area contributed by atoms with Crippen LogP contribution in [0, 0.1) is 0 Å². The highest BCUT2D eigenvalue weighted by Crippen LogP contribution is 2.21. The number of hydrogen-bond acceptors (Lipinski definition) is 5. The minimum atomic E-state index is -0.662. The average Bonchev–Trinajstić information content (AvgIpc) is 3.73. The number of unbranched alkanes of at least 4 members (excludes halogenated alkanes) is 71. The van der Waals surface area contributed by atoms with Crippen LogP contribution in [-0.4, -0.2) is 47.4 Å². The van der Waals surface area contributed by atoms with Gasteiger partial charge in [-0.3, -0.25) is 9.59 Å². The smallest absolute Gasteiger partial charge is 0.305 e. The Morgan fingerprint density at radius 1 is 0.264 bits per heavy atom. The summed E-state index contributed by atoms with van der Waals surface area (Å²) in [6.45, 7) is 5.03. The van der Waals surface area contributed by atoms with Crippen molar-refractivity contribution < 1.29 is 24.5 Å². The van der Waals surface area contributed by atoms with Crippen LogP contribution in [0.4, 0.5) is 0 Å². The Balaban J connectivity index is 3.32. The van der Waals surface area contributed by atoms with Crippen LogP contribution in [-0.2, 0) is 14.3 Å². The van der Waals surface area contributed by atoms with E-state index in [1.165, 1.54) is 437 Å². The van der Waals surface area contributed by atoms with E-state index in [-0.39, 0.29) is 18.5 Å². The quantitative estimate of drug-likeness (QED) is 0.0417. The zero-order chi connectivity index (χ0) is 65.6. The van der Waals surface area contributed by atoms with Crippen molar-refractivity contribution in [3.05, 3.63) is 0 Å². The molecule has 1 amide bonds. The second kappa shape index (κ2) is 81.3. The molecule has 0 aliphatic rings. The number of rotatable bonds is 82. The largest absolute Gasteiger partial charge is 0.466 e. The Hall–Kier alpha value is -1.14. The second-order valence-electron chi connectivity index (χ2n) is 29.9. The van der Waals surface area contributed by atoms with Crippen molar-refractivity contribution in [1.29, 1.82) is 0 Å². The van der Waals surface area contributed by atoms with Crippen LogP contribution in [0.1, 0.15) is 508 Å². The monoisotopic (exact) mass is 1280 g/mol. The molecule has 0 aromatic rings. The van der Waals surface area contributed by atoms with Crippen LogP contribution in [0.3, 0.4) is 0 Å². The van der Waals surface area contributed by atoms with Crippen LogP contribution in [0.25, 0.3) is 0 Å². The highest BCUT2D eigenvalue weighted by atomic mass is 16.5. The molecule has 91 heavy (non-hydrogen) atoms. The lowest BCUT2D eigenvalue weighted by Crippen LogP contribution is -2.45. The lowest BCUT2D eigenvalue weighted by atomic mass is 10.0. The van der Waals surface area contributed by atoms with Gasteiger partial charge in [0.25, 0.3) is 0 Å². The van der Waals surface area contributed by atoms with Gasteiger partial charge in [-0.1, -0.05) is 470 Å². The molecule has 0 radical (unpaired) electrons. The van der Waals surface area contributed by atoms with Crippen molar-refractivity contribution in [2.45, 2.75) is 520 Å². The molecule has 0 heterocycles. The molecule has 0 rings (SSSR count). The maximum atomic E-state index is 12.6. The number of nitrogens with one attached hydrogen (secondary N) is 1. The lowest BCUT2D eigenvalue weighted by Gasteiger charge is -2.22. The van der Waals surface area contributed by atoms with Gasteiger partial charge in [-0.25, -0.2) is 0 Å². The van der Waals surface area contributed by atoms with Crippen molar-refractivity contribution in [3.63, 3.8) is 0 Å². The molecule has 0 aliphatic heterocycles. The summed E-state index contributed by atoms with van der Waals surface area (Å²) in [5, 5.41) is 23.5. The third-order valence-electron chi connectivity index (χ3n) is 20.7. The summed E-state index contributed by atoms with van der Waals surface area (Å²) in [5.74, 6) is 0.00294. The molecule has 0 saturated carbocycles. The third-order valence-corrected chi connectivity index (χ3v) is 20.7. The SMILES string of the molecule is CCCCCCCCCCCCCCCCCCCCCCCCCCCC(O)C(CO)NC(=O)CCCCCCCCCCCCCCCCCCCCCCCCCCCCCCCCOC(=O)CCCCCCCCCCCCCCCCCCCCC. The third kappa shape index (κ3) is 77.7. The summed E-state index contributed by atoms with van der Waals surface area (Å²) in [5.41, 5.74) is 0. The first-order valence-corrected chi connectivity index (χ1v) is 42.8. The molecule has 0 spiro atoms. The van der Waals surface area contributed by atoms with Crippen LogP contribution < -0.4 is 5.32 Å². The number of aliphatic hydroxyl groups excluding tert-OH is 2. The first kappa shape index (κ1) is 89.9. The van der Waals surface area contributed by atoms with Crippen LogP contribution >= 0.6 is 0 Å².